The summed E-state index contributed by atoms with van der Waals surface area (Å²) in [6.45, 7) is 5.78. The number of ether oxygens (including phenoxy) is 1. The Morgan fingerprint density at radius 2 is 1.70 bits per heavy atom. The number of rotatable bonds is 10. The molecule has 0 radical (unpaired) electrons. The van der Waals surface area contributed by atoms with Crippen molar-refractivity contribution in [1.82, 2.24) is 9.99 Å². The molecule has 40 heavy (non-hydrogen) atoms. The summed E-state index contributed by atoms with van der Waals surface area (Å²) >= 11 is 9.41. The van der Waals surface area contributed by atoms with Crippen molar-refractivity contribution in [3.05, 3.63) is 105 Å². The summed E-state index contributed by atoms with van der Waals surface area (Å²) in [5, 5.41) is 4.51. The minimum Gasteiger partial charge on any atom is -0.494 e. The van der Waals surface area contributed by atoms with Gasteiger partial charge in [-0.25, -0.2) is 13.8 Å². The number of carbonyl (C=O) groups excluding carboxylic acids is 1. The number of hydrogen-bond donors (Lipinski definition) is 1. The van der Waals surface area contributed by atoms with Crippen molar-refractivity contribution >= 4 is 55.4 Å². The van der Waals surface area contributed by atoms with Crippen molar-refractivity contribution in [1.29, 1.82) is 0 Å². The summed E-state index contributed by atoms with van der Waals surface area (Å²) in [6, 6.07) is 22.2. The molecule has 0 saturated heterocycles. The molecule has 208 valence electrons. The molecular formula is C29H28BrClN4O4S. The number of halogens is 2. The molecule has 4 rings (SSSR count). The second kappa shape index (κ2) is 12.7. The third kappa shape index (κ3) is 6.75. The van der Waals surface area contributed by atoms with E-state index in [1.807, 2.05) is 51.1 Å². The van der Waals surface area contributed by atoms with Gasteiger partial charge >= 0.3 is 0 Å². The van der Waals surface area contributed by atoms with Crippen molar-refractivity contribution in [2.45, 2.75) is 25.7 Å². The fourth-order valence-electron chi connectivity index (χ4n) is 4.17. The van der Waals surface area contributed by atoms with E-state index in [0.717, 1.165) is 31.4 Å². The monoisotopic (exact) mass is 642 g/mol. The maximum Gasteiger partial charge on any atom is 0.264 e. The predicted octanol–water partition coefficient (Wildman–Crippen LogP) is 6.25. The van der Waals surface area contributed by atoms with Gasteiger partial charge in [-0.3, -0.25) is 9.10 Å². The summed E-state index contributed by atoms with van der Waals surface area (Å²) in [5.41, 5.74) is 6.53. The Kier molecular flexibility index (Phi) is 9.34. The standard InChI is InChI=1S/C29H28BrClN4O4S/c1-4-39-27-13-11-25(12-14-27)34(40(37,38)28-15-7-24(31)8-16-28)19-29(36)33-32-18-22-17-20(2)35(21(22)3)26-9-5-23(30)6-10-26/h5-18H,4,19H2,1-3H3,(H,33,36)/b32-18-. The second-order valence-electron chi connectivity index (χ2n) is 8.82. The number of aromatic nitrogens is 1. The zero-order valence-corrected chi connectivity index (χ0v) is 25.3. The van der Waals surface area contributed by atoms with Crippen molar-refractivity contribution in [2.75, 3.05) is 17.5 Å². The van der Waals surface area contributed by atoms with Crippen LogP contribution in [0, 0.1) is 13.8 Å². The zero-order chi connectivity index (χ0) is 28.9. The molecule has 0 bridgehead atoms. The number of aryl methyl sites for hydroxylation is 1. The van der Waals surface area contributed by atoms with E-state index in [1.165, 1.54) is 24.3 Å². The van der Waals surface area contributed by atoms with Gasteiger partial charge in [0, 0.05) is 32.1 Å². The largest absolute Gasteiger partial charge is 0.494 e. The van der Waals surface area contributed by atoms with Gasteiger partial charge in [0.1, 0.15) is 12.3 Å². The van der Waals surface area contributed by atoms with Crippen LogP contribution in [0.3, 0.4) is 0 Å². The highest BCUT2D eigenvalue weighted by molar-refractivity contribution is 9.10. The Labute approximate surface area is 247 Å². The molecule has 1 heterocycles. The van der Waals surface area contributed by atoms with Crippen LogP contribution in [-0.2, 0) is 14.8 Å². The molecule has 11 heteroatoms. The average Bonchev–Trinajstić information content (AvgIpc) is 3.21. The van der Waals surface area contributed by atoms with Crippen LogP contribution < -0.4 is 14.5 Å². The molecule has 1 amide bonds. The number of hydrazone groups is 1. The van der Waals surface area contributed by atoms with Crippen LogP contribution in [0.5, 0.6) is 5.75 Å². The molecule has 0 unspecified atom stereocenters. The van der Waals surface area contributed by atoms with Gasteiger partial charge in [-0.15, -0.1) is 0 Å². The lowest BCUT2D eigenvalue weighted by Gasteiger charge is -2.24. The first-order valence-electron chi connectivity index (χ1n) is 12.4. The van der Waals surface area contributed by atoms with Gasteiger partial charge in [-0.05, 0) is 99.6 Å². The third-order valence-corrected chi connectivity index (χ3v) is 8.64. The van der Waals surface area contributed by atoms with E-state index < -0.39 is 22.5 Å². The Morgan fingerprint density at radius 3 is 2.33 bits per heavy atom. The van der Waals surface area contributed by atoms with E-state index in [2.05, 4.69) is 31.0 Å². The van der Waals surface area contributed by atoms with E-state index in [0.29, 0.717) is 23.1 Å². The first-order chi connectivity index (χ1) is 19.1. The second-order valence-corrected chi connectivity index (χ2v) is 12.0. The fraction of sp³-hybridized carbons (Fsp3) is 0.172. The normalized spacial score (nSPS) is 11.5. The maximum atomic E-state index is 13.6. The summed E-state index contributed by atoms with van der Waals surface area (Å²) in [4.78, 5) is 12.9. The number of nitrogens with one attached hydrogen (secondary N) is 1. The lowest BCUT2D eigenvalue weighted by Crippen LogP contribution is -2.39. The summed E-state index contributed by atoms with van der Waals surface area (Å²) < 4.78 is 36.7. The lowest BCUT2D eigenvalue weighted by atomic mass is 10.2. The molecule has 0 atom stereocenters. The minimum atomic E-state index is -4.10. The van der Waals surface area contributed by atoms with Gasteiger partial charge in [0.05, 0.1) is 23.4 Å². The first kappa shape index (κ1) is 29.4. The van der Waals surface area contributed by atoms with E-state index >= 15 is 0 Å². The highest BCUT2D eigenvalue weighted by Crippen LogP contribution is 2.27. The van der Waals surface area contributed by atoms with Gasteiger partial charge in [0.2, 0.25) is 0 Å². The van der Waals surface area contributed by atoms with Crippen molar-refractivity contribution < 1.29 is 17.9 Å². The SMILES string of the molecule is CCOc1ccc(N(CC(=O)N/N=C\c2cc(C)n(-c3ccc(Br)cc3)c2C)S(=O)(=O)c2ccc(Cl)cc2)cc1. The number of hydrogen-bond acceptors (Lipinski definition) is 5. The summed E-state index contributed by atoms with van der Waals surface area (Å²) in [6.07, 6.45) is 1.55. The van der Waals surface area contributed by atoms with Gasteiger partial charge in [-0.1, -0.05) is 27.5 Å². The van der Waals surface area contributed by atoms with E-state index in [4.69, 9.17) is 16.3 Å². The average molecular weight is 644 g/mol. The highest BCUT2D eigenvalue weighted by atomic mass is 79.9. The molecular weight excluding hydrogens is 616 g/mol. The highest BCUT2D eigenvalue weighted by Gasteiger charge is 2.27. The number of anilines is 1. The Morgan fingerprint density at radius 1 is 1.05 bits per heavy atom. The number of sulfonamides is 1. The van der Waals surface area contributed by atoms with Crippen LogP contribution >= 0.6 is 27.5 Å². The Balaban J connectivity index is 1.55. The lowest BCUT2D eigenvalue weighted by molar-refractivity contribution is -0.119. The van der Waals surface area contributed by atoms with E-state index in [-0.39, 0.29) is 4.90 Å². The van der Waals surface area contributed by atoms with Crippen molar-refractivity contribution in [3.8, 4) is 11.4 Å². The minimum absolute atomic E-state index is 0.00228. The molecule has 0 aliphatic rings. The van der Waals surface area contributed by atoms with Gasteiger partial charge in [0.15, 0.2) is 0 Å². The number of carbonyl (C=O) groups is 1. The predicted molar refractivity (Wildman–Crippen MR) is 162 cm³/mol. The van der Waals surface area contributed by atoms with E-state index in [1.54, 1.807) is 30.5 Å². The van der Waals surface area contributed by atoms with Crippen LogP contribution in [0.2, 0.25) is 5.02 Å². The van der Waals surface area contributed by atoms with Gasteiger partial charge in [0.25, 0.3) is 15.9 Å². The molecule has 1 aromatic heterocycles. The van der Waals surface area contributed by atoms with Crippen LogP contribution in [-0.4, -0.2) is 38.3 Å². The zero-order valence-electron chi connectivity index (χ0n) is 22.1. The van der Waals surface area contributed by atoms with Crippen LogP contribution in [0.25, 0.3) is 5.69 Å². The summed E-state index contributed by atoms with van der Waals surface area (Å²) in [7, 11) is -4.10. The number of amides is 1. The number of benzene rings is 3. The van der Waals surface area contributed by atoms with Crippen LogP contribution in [0.1, 0.15) is 23.9 Å². The maximum absolute atomic E-state index is 13.6. The molecule has 0 aliphatic heterocycles. The van der Waals surface area contributed by atoms with Gasteiger partial charge in [-0.2, -0.15) is 5.10 Å². The summed E-state index contributed by atoms with van der Waals surface area (Å²) in [5.74, 6) is -0.0192. The Bertz CT molecular complexity index is 1620. The van der Waals surface area contributed by atoms with Crippen molar-refractivity contribution in [2.24, 2.45) is 5.10 Å². The smallest absolute Gasteiger partial charge is 0.264 e. The Hall–Kier alpha value is -3.60. The number of nitrogens with zero attached hydrogens (tertiary/aromatic N) is 3. The molecule has 1 N–H and O–H groups in total. The van der Waals surface area contributed by atoms with Crippen LogP contribution in [0.15, 0.2) is 93.3 Å². The fourth-order valence-corrected chi connectivity index (χ4v) is 5.98. The molecule has 3 aromatic carbocycles. The molecule has 0 saturated carbocycles. The first-order valence-corrected chi connectivity index (χ1v) is 15.0. The molecule has 4 aromatic rings. The topological polar surface area (TPSA) is 93.0 Å². The quantitative estimate of drug-likeness (QED) is 0.163. The third-order valence-electron chi connectivity index (χ3n) is 6.07. The van der Waals surface area contributed by atoms with Crippen molar-refractivity contribution in [3.63, 3.8) is 0 Å². The van der Waals surface area contributed by atoms with Crippen LogP contribution in [0.4, 0.5) is 5.69 Å². The van der Waals surface area contributed by atoms with Gasteiger partial charge < -0.3 is 9.30 Å². The molecule has 0 aliphatic carbocycles. The molecule has 8 nitrogen and oxygen atoms in total. The van der Waals surface area contributed by atoms with E-state index in [9.17, 15) is 13.2 Å². The molecule has 0 fully saturated rings. The molecule has 0 spiro atoms.